The zero-order valence-electron chi connectivity index (χ0n) is 17.8. The minimum Gasteiger partial charge on any atom is -0.447 e. The van der Waals surface area contributed by atoms with Crippen LogP contribution in [0.4, 0.5) is 4.79 Å². The average Bonchev–Trinajstić information content (AvgIpc) is 3.13. The Bertz CT molecular complexity index is 994. The van der Waals surface area contributed by atoms with Gasteiger partial charge in [0.25, 0.3) is 5.19 Å². The predicted octanol–water partition coefficient (Wildman–Crippen LogP) is 5.09. The normalized spacial score (nSPS) is 21.2. The van der Waals surface area contributed by atoms with Crippen molar-refractivity contribution >= 4 is 27.6 Å². The number of carbonyl (C=O) groups is 1. The Morgan fingerprint density at radius 3 is 2.58 bits per heavy atom. The number of thiazole rings is 1. The van der Waals surface area contributed by atoms with Gasteiger partial charge in [-0.3, -0.25) is 0 Å². The fourth-order valence-corrected chi connectivity index (χ4v) is 4.60. The van der Waals surface area contributed by atoms with E-state index in [0.717, 1.165) is 21.5 Å². The van der Waals surface area contributed by atoms with E-state index in [1.54, 1.807) is 0 Å². The predicted molar refractivity (Wildman–Crippen MR) is 119 cm³/mol. The third kappa shape index (κ3) is 5.72. The second-order valence-electron chi connectivity index (χ2n) is 8.27. The molecule has 0 aliphatic carbocycles. The van der Waals surface area contributed by atoms with E-state index in [0.29, 0.717) is 37.7 Å². The van der Waals surface area contributed by atoms with Crippen molar-refractivity contribution in [2.45, 2.75) is 45.4 Å². The molecule has 1 aromatic heterocycles. The van der Waals surface area contributed by atoms with Gasteiger partial charge >= 0.3 is 6.09 Å². The van der Waals surface area contributed by atoms with E-state index >= 15 is 0 Å². The van der Waals surface area contributed by atoms with Gasteiger partial charge in [-0.05, 0) is 50.2 Å². The molecule has 31 heavy (non-hydrogen) atoms. The molecule has 0 bridgehead atoms. The number of hydroxylamine groups is 3. The van der Waals surface area contributed by atoms with Crippen LogP contribution in [-0.2, 0) is 11.3 Å². The van der Waals surface area contributed by atoms with Gasteiger partial charge in [-0.15, -0.1) is 0 Å². The highest BCUT2D eigenvalue weighted by Crippen LogP contribution is 2.31. The summed E-state index contributed by atoms with van der Waals surface area (Å²) in [7, 11) is 0. The maximum absolute atomic E-state index is 11.8. The summed E-state index contributed by atoms with van der Waals surface area (Å²) in [6, 6.07) is 15.7. The molecule has 1 amide bonds. The topological polar surface area (TPSA) is 80.7 Å². The second-order valence-corrected chi connectivity index (χ2v) is 9.26. The van der Waals surface area contributed by atoms with Gasteiger partial charge in [0, 0.05) is 24.4 Å². The summed E-state index contributed by atoms with van der Waals surface area (Å²) in [4.78, 5) is 16.3. The molecule has 1 aliphatic rings. The molecule has 164 valence electrons. The summed E-state index contributed by atoms with van der Waals surface area (Å²) in [5.74, 6) is 0.721. The first kappa shape index (κ1) is 21.5. The van der Waals surface area contributed by atoms with E-state index in [-0.39, 0.29) is 22.9 Å². The molecule has 7 nitrogen and oxygen atoms in total. The lowest BCUT2D eigenvalue weighted by Crippen LogP contribution is -2.54. The lowest BCUT2D eigenvalue weighted by Gasteiger charge is -2.37. The van der Waals surface area contributed by atoms with E-state index in [4.69, 9.17) is 9.47 Å². The van der Waals surface area contributed by atoms with E-state index in [1.807, 2.05) is 62.4 Å². The molecular formula is C23H28N3O4S+. The molecule has 8 heteroatoms. The van der Waals surface area contributed by atoms with Crippen molar-refractivity contribution in [3.63, 3.8) is 0 Å². The second kappa shape index (κ2) is 9.21. The summed E-state index contributed by atoms with van der Waals surface area (Å²) < 4.78 is 12.1. The Morgan fingerprint density at radius 2 is 1.90 bits per heavy atom. The minimum absolute atomic E-state index is 0.0323. The highest BCUT2D eigenvalue weighted by atomic mass is 32.1. The molecule has 2 heterocycles. The molecule has 0 saturated carbocycles. The Kier molecular flexibility index (Phi) is 6.41. The molecular weight excluding hydrogens is 414 g/mol. The number of piperidine rings is 1. The zero-order valence-corrected chi connectivity index (χ0v) is 18.6. The van der Waals surface area contributed by atoms with Crippen LogP contribution in [0.3, 0.4) is 0 Å². The number of rotatable bonds is 6. The van der Waals surface area contributed by atoms with Crippen LogP contribution in [0.25, 0.3) is 10.2 Å². The maximum Gasteiger partial charge on any atom is 0.407 e. The number of amides is 1. The van der Waals surface area contributed by atoms with Crippen LogP contribution in [0.1, 0.15) is 32.3 Å². The van der Waals surface area contributed by atoms with Crippen LogP contribution in [0.5, 0.6) is 10.9 Å². The lowest BCUT2D eigenvalue weighted by atomic mass is 10.0. The molecule has 1 saturated heterocycles. The first-order valence-corrected chi connectivity index (χ1v) is 11.4. The van der Waals surface area contributed by atoms with Crippen LogP contribution >= 0.6 is 11.3 Å². The minimum atomic E-state index is -0.387. The number of benzene rings is 2. The Balaban J connectivity index is 1.30. The fourth-order valence-electron chi connectivity index (χ4n) is 3.76. The number of likely N-dealkylation sites (tertiary alicyclic amines) is 1. The summed E-state index contributed by atoms with van der Waals surface area (Å²) in [6.45, 7) is 5.33. The lowest BCUT2D eigenvalue weighted by molar-refractivity contribution is -1.12. The van der Waals surface area contributed by atoms with Crippen molar-refractivity contribution in [1.29, 1.82) is 0 Å². The first-order valence-electron chi connectivity index (χ1n) is 10.6. The van der Waals surface area contributed by atoms with Crippen molar-refractivity contribution in [3.8, 4) is 10.9 Å². The summed E-state index contributed by atoms with van der Waals surface area (Å²) >= 11 is 1.52. The van der Waals surface area contributed by atoms with E-state index in [2.05, 4.69) is 10.3 Å². The smallest absolute Gasteiger partial charge is 0.407 e. The van der Waals surface area contributed by atoms with Gasteiger partial charge in [0.2, 0.25) is 0 Å². The summed E-state index contributed by atoms with van der Waals surface area (Å²) in [5.41, 5.74) is 1.96. The number of nitrogens with zero attached hydrogens (tertiary/aromatic N) is 2. The number of ether oxygens (including phenoxy) is 2. The van der Waals surface area contributed by atoms with Crippen molar-refractivity contribution < 1.29 is 24.1 Å². The standard InChI is InChI=1S/C23H27N3O4S/c1-16(2)29-22(27)24-18-11-13-26(28,14-12-18)15-17-7-9-19(10-8-17)30-23-25-20-5-3-4-6-21(20)31-23/h3-10,16,18,28H,11-15H2,1-2H3/p+1. The monoisotopic (exact) mass is 442 g/mol. The quantitative estimate of drug-likeness (QED) is 0.520. The van der Waals surface area contributed by atoms with E-state index in [1.165, 1.54) is 11.3 Å². The number of carbonyl (C=O) groups excluding carboxylic acids is 1. The van der Waals surface area contributed by atoms with E-state index < -0.39 is 0 Å². The molecule has 1 aliphatic heterocycles. The number of fused-ring (bicyclic) bond motifs is 1. The highest BCUT2D eigenvalue weighted by molar-refractivity contribution is 7.20. The van der Waals surface area contributed by atoms with Crippen LogP contribution in [-0.4, -0.2) is 46.2 Å². The zero-order chi connectivity index (χ0) is 21.8. The molecule has 2 N–H and O–H groups in total. The molecule has 3 aromatic rings. The molecule has 2 aromatic carbocycles. The molecule has 0 spiro atoms. The highest BCUT2D eigenvalue weighted by Gasteiger charge is 2.34. The van der Waals surface area contributed by atoms with Crippen LogP contribution < -0.4 is 10.1 Å². The third-order valence-electron chi connectivity index (χ3n) is 5.33. The Labute approximate surface area is 185 Å². The third-order valence-corrected chi connectivity index (χ3v) is 6.25. The van der Waals surface area contributed by atoms with Gasteiger partial charge in [0.15, 0.2) is 0 Å². The molecule has 0 atom stereocenters. The number of nitrogens with one attached hydrogen (secondary N) is 1. The Morgan fingerprint density at radius 1 is 1.19 bits per heavy atom. The summed E-state index contributed by atoms with van der Waals surface area (Å²) in [6.07, 6.45) is 0.893. The van der Waals surface area contributed by atoms with Crippen molar-refractivity contribution in [2.75, 3.05) is 13.1 Å². The number of hydrogen-bond acceptors (Lipinski definition) is 6. The number of aromatic nitrogens is 1. The molecule has 4 rings (SSSR count). The van der Waals surface area contributed by atoms with Gasteiger partial charge in [-0.2, -0.15) is 4.65 Å². The van der Waals surface area contributed by atoms with Crippen LogP contribution in [0, 0.1) is 0 Å². The summed E-state index contributed by atoms with van der Waals surface area (Å²) in [5, 5.41) is 14.5. The van der Waals surface area contributed by atoms with Crippen LogP contribution in [0.15, 0.2) is 48.5 Å². The van der Waals surface area contributed by atoms with Crippen molar-refractivity contribution in [3.05, 3.63) is 54.1 Å². The van der Waals surface area contributed by atoms with Crippen molar-refractivity contribution in [2.24, 2.45) is 0 Å². The molecule has 0 unspecified atom stereocenters. The number of quaternary nitrogens is 1. The maximum atomic E-state index is 11.8. The number of alkyl carbamates (subject to hydrolysis) is 1. The van der Waals surface area contributed by atoms with Gasteiger partial charge in [0.1, 0.15) is 25.4 Å². The SMILES string of the molecule is CC(C)OC(=O)NC1CC[N+](O)(Cc2ccc(Oc3nc4ccccc4s3)cc2)CC1. The van der Waals surface area contributed by atoms with Crippen LogP contribution in [0.2, 0.25) is 0 Å². The number of para-hydroxylation sites is 1. The molecule has 0 radical (unpaired) electrons. The first-order chi connectivity index (χ1) is 14.9. The largest absolute Gasteiger partial charge is 0.447 e. The fraction of sp³-hybridized carbons (Fsp3) is 0.391. The van der Waals surface area contributed by atoms with Gasteiger partial charge < -0.3 is 14.8 Å². The Hall–Kier alpha value is -2.68. The van der Waals surface area contributed by atoms with Gasteiger partial charge in [-0.25, -0.2) is 15.0 Å². The van der Waals surface area contributed by atoms with Crippen molar-refractivity contribution in [1.82, 2.24) is 10.3 Å². The molecule has 1 fully saturated rings. The van der Waals surface area contributed by atoms with Gasteiger partial charge in [-0.1, -0.05) is 23.5 Å². The number of hydrogen-bond donors (Lipinski definition) is 2. The average molecular weight is 443 g/mol. The van der Waals surface area contributed by atoms with Gasteiger partial charge in [0.05, 0.1) is 16.3 Å². The van der Waals surface area contributed by atoms with E-state index in [9.17, 15) is 10.0 Å².